The number of halogens is 1. The molecule has 41 heavy (non-hydrogen) atoms. The molecule has 3 heterocycles. The van der Waals surface area contributed by atoms with Gasteiger partial charge in [0.15, 0.2) is 15.8 Å². The monoisotopic (exact) mass is 600 g/mol. The number of benzene rings is 3. The molecule has 6 nitrogen and oxygen atoms in total. The van der Waals surface area contributed by atoms with E-state index in [1.54, 1.807) is 29.6 Å². The van der Waals surface area contributed by atoms with Crippen molar-refractivity contribution in [2.45, 2.75) is 46.3 Å². The Balaban J connectivity index is 1.51. The van der Waals surface area contributed by atoms with E-state index in [0.717, 1.165) is 64.6 Å². The van der Waals surface area contributed by atoms with E-state index in [2.05, 4.69) is 34.7 Å². The summed E-state index contributed by atoms with van der Waals surface area (Å²) in [6, 6.07) is 16.0. The number of aryl methyl sites for hydroxylation is 2. The van der Waals surface area contributed by atoms with Gasteiger partial charge in [-0.1, -0.05) is 29.8 Å². The smallest absolute Gasteiger partial charge is 0.163 e. The minimum absolute atomic E-state index is 0.0440. The average Bonchev–Trinajstić information content (AvgIpc) is 3.65. The maximum Gasteiger partial charge on any atom is 0.163 e. The first kappa shape index (κ1) is 27.7. The fourth-order valence-electron chi connectivity index (χ4n) is 5.07. The van der Waals surface area contributed by atoms with Crippen molar-refractivity contribution >= 4 is 61.2 Å². The zero-order chi connectivity index (χ0) is 29.1. The summed E-state index contributed by atoms with van der Waals surface area (Å²) < 4.78 is 9.22. The average molecular weight is 601 g/mol. The van der Waals surface area contributed by atoms with E-state index in [0.29, 0.717) is 5.02 Å². The number of nitrogens with zero attached hydrogens (tertiary/aromatic N) is 4. The molecule has 208 valence electrons. The van der Waals surface area contributed by atoms with Gasteiger partial charge in [0.1, 0.15) is 6.10 Å². The van der Waals surface area contributed by atoms with Crippen LogP contribution in [0.2, 0.25) is 5.02 Å². The maximum atomic E-state index is 13.0. The van der Waals surface area contributed by atoms with E-state index in [4.69, 9.17) is 26.3 Å². The van der Waals surface area contributed by atoms with E-state index in [9.17, 15) is 4.79 Å². The Morgan fingerprint density at radius 3 is 2.46 bits per heavy atom. The first-order valence-corrected chi connectivity index (χ1v) is 15.3. The maximum absolute atomic E-state index is 13.0. The molecule has 0 aliphatic heterocycles. The summed E-state index contributed by atoms with van der Waals surface area (Å²) in [6.45, 7) is 9.51. The summed E-state index contributed by atoms with van der Waals surface area (Å²) in [5, 5.41) is 9.84. The van der Waals surface area contributed by atoms with Crippen LogP contribution < -0.4 is 0 Å². The molecule has 1 atom stereocenters. The first-order valence-electron chi connectivity index (χ1n) is 13.2. The van der Waals surface area contributed by atoms with Crippen LogP contribution in [0.3, 0.4) is 0 Å². The Morgan fingerprint density at radius 1 is 1.02 bits per heavy atom. The van der Waals surface area contributed by atoms with Crippen molar-refractivity contribution in [1.82, 2.24) is 19.7 Å². The van der Waals surface area contributed by atoms with Gasteiger partial charge in [-0.25, -0.2) is 9.97 Å². The van der Waals surface area contributed by atoms with Gasteiger partial charge in [-0.15, -0.1) is 22.7 Å². The topological polar surface area (TPSA) is 69.9 Å². The van der Waals surface area contributed by atoms with Gasteiger partial charge in [-0.3, -0.25) is 9.48 Å². The lowest BCUT2D eigenvalue weighted by molar-refractivity contribution is -0.138. The number of fused-ring (bicyclic) bond motifs is 2. The van der Waals surface area contributed by atoms with E-state index in [-0.39, 0.29) is 5.78 Å². The van der Waals surface area contributed by atoms with Gasteiger partial charge < -0.3 is 4.74 Å². The van der Waals surface area contributed by atoms with Crippen molar-refractivity contribution < 1.29 is 9.53 Å². The van der Waals surface area contributed by atoms with Crippen molar-refractivity contribution in [2.75, 3.05) is 0 Å². The number of hydrogen-bond donors (Lipinski definition) is 0. The number of carbonyl (C=O) groups excluding carboxylic acids is 1. The van der Waals surface area contributed by atoms with Crippen LogP contribution >= 0.6 is 34.3 Å². The van der Waals surface area contributed by atoms with Gasteiger partial charge in [0.05, 0.1) is 33.2 Å². The second-order valence-electron chi connectivity index (χ2n) is 11.2. The Bertz CT molecular complexity index is 1930. The number of hydrogen-bond acceptors (Lipinski definition) is 7. The summed E-state index contributed by atoms with van der Waals surface area (Å²) in [6.07, 6.45) is 1.15. The molecule has 0 spiro atoms. The zero-order valence-corrected chi connectivity index (χ0v) is 26.0. The molecule has 0 amide bonds. The van der Waals surface area contributed by atoms with Crippen LogP contribution in [-0.2, 0) is 16.6 Å². The summed E-state index contributed by atoms with van der Waals surface area (Å²) >= 11 is 9.42. The van der Waals surface area contributed by atoms with Gasteiger partial charge in [0.25, 0.3) is 0 Å². The lowest BCUT2D eigenvalue weighted by atomic mass is 9.90. The quantitative estimate of drug-likeness (QED) is 0.191. The lowest BCUT2D eigenvalue weighted by Crippen LogP contribution is -2.27. The molecule has 0 bridgehead atoms. The van der Waals surface area contributed by atoms with Crippen LogP contribution in [0, 0.1) is 6.92 Å². The van der Waals surface area contributed by atoms with Crippen molar-refractivity contribution in [2.24, 2.45) is 7.05 Å². The molecule has 0 fully saturated rings. The lowest BCUT2D eigenvalue weighted by Gasteiger charge is -2.29. The number of ether oxygens (including phenoxy) is 1. The Hall–Kier alpha value is -3.43. The zero-order valence-electron chi connectivity index (χ0n) is 23.7. The van der Waals surface area contributed by atoms with Crippen LogP contribution in [-0.4, -0.2) is 31.1 Å². The van der Waals surface area contributed by atoms with Crippen molar-refractivity contribution in [1.29, 1.82) is 0 Å². The van der Waals surface area contributed by atoms with E-state index >= 15 is 0 Å². The number of rotatable bonds is 6. The molecule has 0 saturated heterocycles. The summed E-state index contributed by atoms with van der Waals surface area (Å²) in [4.78, 5) is 23.0. The summed E-state index contributed by atoms with van der Waals surface area (Å²) in [5.74, 6) is -0.0440. The molecular weight excluding hydrogens is 572 g/mol. The van der Waals surface area contributed by atoms with Gasteiger partial charge in [0, 0.05) is 39.5 Å². The Kier molecular flexibility index (Phi) is 7.06. The van der Waals surface area contributed by atoms with Crippen LogP contribution in [0.4, 0.5) is 0 Å². The van der Waals surface area contributed by atoms with Crippen molar-refractivity contribution in [3.8, 4) is 32.4 Å². The van der Waals surface area contributed by atoms with Crippen LogP contribution in [0.1, 0.15) is 44.9 Å². The molecule has 0 saturated carbocycles. The molecule has 0 aliphatic rings. The standard InChI is InChI=1S/C32H29ClN4O2S2/c1-17-13-23-29(27(19-7-10-22(33)11-8-19)26(17)28(18(2)38)39-32(3,4)5)41-31(35-23)30-36-24(16-40-30)20-9-12-25-21(14-20)15-34-37(25)6/h7-16,28H,1-6H3/t28-/m1/s1. The van der Waals surface area contributed by atoms with Crippen molar-refractivity contribution in [3.05, 3.63) is 76.3 Å². The Labute approximate surface area is 251 Å². The van der Waals surface area contributed by atoms with E-state index in [1.807, 2.05) is 69.9 Å². The second kappa shape index (κ2) is 10.4. The number of carbonyl (C=O) groups is 1. The fraction of sp³-hybridized carbons (Fsp3) is 0.250. The molecule has 6 aromatic rings. The molecule has 0 unspecified atom stereocenters. The van der Waals surface area contributed by atoms with Crippen LogP contribution in [0.5, 0.6) is 0 Å². The molecule has 0 N–H and O–H groups in total. The Morgan fingerprint density at radius 2 is 1.76 bits per heavy atom. The van der Waals surface area contributed by atoms with Gasteiger partial charge >= 0.3 is 0 Å². The minimum Gasteiger partial charge on any atom is -0.360 e. The molecular formula is C32H29ClN4O2S2. The molecule has 3 aromatic heterocycles. The third-order valence-corrected chi connectivity index (χ3v) is 9.22. The normalized spacial score (nSPS) is 12.9. The van der Waals surface area contributed by atoms with E-state index in [1.165, 1.54) is 0 Å². The third kappa shape index (κ3) is 5.33. The second-order valence-corrected chi connectivity index (χ2v) is 13.5. The first-order chi connectivity index (χ1) is 19.5. The van der Waals surface area contributed by atoms with Gasteiger partial charge in [-0.2, -0.15) is 5.10 Å². The van der Waals surface area contributed by atoms with Crippen molar-refractivity contribution in [3.63, 3.8) is 0 Å². The summed E-state index contributed by atoms with van der Waals surface area (Å²) in [7, 11) is 1.94. The highest BCUT2D eigenvalue weighted by Crippen LogP contribution is 2.45. The molecule has 0 aliphatic carbocycles. The highest BCUT2D eigenvalue weighted by Gasteiger charge is 2.30. The number of aromatic nitrogens is 4. The summed E-state index contributed by atoms with van der Waals surface area (Å²) in [5.41, 5.74) is 7.10. The molecule has 3 aromatic carbocycles. The third-order valence-electron chi connectivity index (χ3n) is 6.89. The minimum atomic E-state index is -0.718. The predicted octanol–water partition coefficient (Wildman–Crippen LogP) is 9.05. The van der Waals surface area contributed by atoms with E-state index < -0.39 is 11.7 Å². The number of thiazole rings is 2. The van der Waals surface area contributed by atoms with Gasteiger partial charge in [-0.05, 0) is 76.1 Å². The molecule has 6 rings (SSSR count). The number of ketones is 1. The van der Waals surface area contributed by atoms with Crippen LogP contribution in [0.15, 0.2) is 60.1 Å². The fourth-order valence-corrected chi connectivity index (χ4v) is 7.18. The van der Waals surface area contributed by atoms with Gasteiger partial charge in [0.2, 0.25) is 0 Å². The highest BCUT2D eigenvalue weighted by molar-refractivity contribution is 7.25. The largest absolute Gasteiger partial charge is 0.360 e. The molecule has 0 radical (unpaired) electrons. The predicted molar refractivity (Wildman–Crippen MR) is 170 cm³/mol. The molecule has 9 heteroatoms. The number of Topliss-reactive ketones (excluding diaryl/α,β-unsaturated/α-hetero) is 1. The van der Waals surface area contributed by atoms with Crippen LogP contribution in [0.25, 0.3) is 53.5 Å². The SMILES string of the molecule is CC(=O)[C@@H](OC(C)(C)C)c1c(C)cc2nc(-c3nc(-c4ccc5c(cnn5C)c4)cs3)sc2c1-c1ccc(Cl)cc1. The highest BCUT2D eigenvalue weighted by atomic mass is 35.5.